The highest BCUT2D eigenvalue weighted by Gasteiger charge is 2.12. The van der Waals surface area contributed by atoms with Crippen molar-refractivity contribution in [1.82, 2.24) is 4.98 Å². The SMILES string of the molecule is COc1cc(C)ccc1C(=O)CSc1ccncc1. The molecule has 0 aliphatic heterocycles. The molecule has 19 heavy (non-hydrogen) atoms. The molecular weight excluding hydrogens is 258 g/mol. The Morgan fingerprint density at radius 2 is 2.00 bits per heavy atom. The molecule has 3 nitrogen and oxygen atoms in total. The van der Waals surface area contributed by atoms with Crippen LogP contribution in [-0.4, -0.2) is 23.6 Å². The lowest BCUT2D eigenvalue weighted by Gasteiger charge is -2.08. The summed E-state index contributed by atoms with van der Waals surface area (Å²) in [5, 5.41) is 0. The third kappa shape index (κ3) is 3.58. The van der Waals surface area contributed by atoms with Gasteiger partial charge in [0.15, 0.2) is 5.78 Å². The second-order valence-electron chi connectivity index (χ2n) is 4.10. The van der Waals surface area contributed by atoms with Crippen LogP contribution in [0.2, 0.25) is 0 Å². The number of ketones is 1. The van der Waals surface area contributed by atoms with Crippen LogP contribution in [0.4, 0.5) is 0 Å². The number of pyridine rings is 1. The number of nitrogens with zero attached hydrogens (tertiary/aromatic N) is 1. The Balaban J connectivity index is 2.08. The van der Waals surface area contributed by atoms with Crippen LogP contribution in [0, 0.1) is 6.92 Å². The van der Waals surface area contributed by atoms with E-state index in [1.54, 1.807) is 19.5 Å². The number of ether oxygens (including phenoxy) is 1. The molecule has 0 atom stereocenters. The van der Waals surface area contributed by atoms with E-state index in [9.17, 15) is 4.79 Å². The average Bonchev–Trinajstić information content (AvgIpc) is 2.45. The molecular formula is C15H15NO2S. The lowest BCUT2D eigenvalue weighted by molar-refractivity contribution is 0.101. The number of carbonyl (C=O) groups is 1. The number of Topliss-reactive ketones (excluding diaryl/α,β-unsaturated/α-hetero) is 1. The number of methoxy groups -OCH3 is 1. The van der Waals surface area contributed by atoms with Crippen molar-refractivity contribution in [3.8, 4) is 5.75 Å². The van der Waals surface area contributed by atoms with E-state index in [4.69, 9.17) is 4.74 Å². The lowest BCUT2D eigenvalue weighted by atomic mass is 10.1. The minimum atomic E-state index is 0.0682. The molecule has 0 saturated heterocycles. The largest absolute Gasteiger partial charge is 0.496 e. The molecule has 2 rings (SSSR count). The first-order chi connectivity index (χ1) is 9.20. The summed E-state index contributed by atoms with van der Waals surface area (Å²) in [6.45, 7) is 1.97. The highest BCUT2D eigenvalue weighted by molar-refractivity contribution is 8.00. The quantitative estimate of drug-likeness (QED) is 0.618. The summed E-state index contributed by atoms with van der Waals surface area (Å²) >= 11 is 1.50. The summed E-state index contributed by atoms with van der Waals surface area (Å²) in [6.07, 6.45) is 3.44. The zero-order valence-electron chi connectivity index (χ0n) is 10.9. The van der Waals surface area contributed by atoms with Crippen molar-refractivity contribution >= 4 is 17.5 Å². The molecule has 0 fully saturated rings. The third-order valence-electron chi connectivity index (χ3n) is 2.68. The Bertz CT molecular complexity index is 570. The Hall–Kier alpha value is -1.81. The normalized spacial score (nSPS) is 10.2. The first-order valence-electron chi connectivity index (χ1n) is 5.91. The van der Waals surface area contributed by atoms with Gasteiger partial charge in [0.05, 0.1) is 18.4 Å². The number of rotatable bonds is 5. The zero-order chi connectivity index (χ0) is 13.7. The molecule has 0 aliphatic carbocycles. The summed E-state index contributed by atoms with van der Waals surface area (Å²) in [4.78, 5) is 17.2. The van der Waals surface area contributed by atoms with Gasteiger partial charge in [-0.05, 0) is 36.8 Å². The molecule has 0 unspecified atom stereocenters. The van der Waals surface area contributed by atoms with Crippen LogP contribution in [0.25, 0.3) is 0 Å². The fraction of sp³-hybridized carbons (Fsp3) is 0.200. The fourth-order valence-electron chi connectivity index (χ4n) is 1.69. The molecule has 0 bridgehead atoms. The minimum absolute atomic E-state index is 0.0682. The van der Waals surface area contributed by atoms with Crippen molar-refractivity contribution in [2.24, 2.45) is 0 Å². The molecule has 0 amide bonds. The third-order valence-corrected chi connectivity index (χ3v) is 3.69. The van der Waals surface area contributed by atoms with Gasteiger partial charge in [-0.3, -0.25) is 9.78 Å². The zero-order valence-corrected chi connectivity index (χ0v) is 11.7. The molecule has 0 aliphatic rings. The predicted octanol–water partition coefficient (Wildman–Crippen LogP) is 3.37. The highest BCUT2D eigenvalue weighted by Crippen LogP contribution is 2.24. The van der Waals surface area contributed by atoms with Crippen molar-refractivity contribution in [2.45, 2.75) is 11.8 Å². The van der Waals surface area contributed by atoms with Crippen LogP contribution in [-0.2, 0) is 0 Å². The van der Waals surface area contributed by atoms with Gasteiger partial charge in [0.25, 0.3) is 0 Å². The number of hydrogen-bond donors (Lipinski definition) is 0. The van der Waals surface area contributed by atoms with E-state index < -0.39 is 0 Å². The van der Waals surface area contributed by atoms with Crippen LogP contribution in [0.15, 0.2) is 47.6 Å². The van der Waals surface area contributed by atoms with E-state index >= 15 is 0 Å². The summed E-state index contributed by atoms with van der Waals surface area (Å²) in [7, 11) is 1.58. The molecule has 2 aromatic rings. The molecule has 1 aromatic carbocycles. The number of thioether (sulfide) groups is 1. The Kier molecular flexibility index (Phi) is 4.58. The van der Waals surface area contributed by atoms with Crippen molar-refractivity contribution in [1.29, 1.82) is 0 Å². The van der Waals surface area contributed by atoms with Gasteiger partial charge >= 0.3 is 0 Å². The van der Waals surface area contributed by atoms with E-state index in [0.29, 0.717) is 17.1 Å². The van der Waals surface area contributed by atoms with E-state index in [1.165, 1.54) is 11.8 Å². The predicted molar refractivity (Wildman–Crippen MR) is 77.0 cm³/mol. The molecule has 4 heteroatoms. The fourth-order valence-corrected chi connectivity index (χ4v) is 2.46. The van der Waals surface area contributed by atoms with Gasteiger partial charge in [-0.2, -0.15) is 0 Å². The number of carbonyl (C=O) groups excluding carboxylic acids is 1. The molecule has 98 valence electrons. The highest BCUT2D eigenvalue weighted by atomic mass is 32.2. The molecule has 0 N–H and O–H groups in total. The number of benzene rings is 1. The maximum Gasteiger partial charge on any atom is 0.176 e. The van der Waals surface area contributed by atoms with Crippen molar-refractivity contribution < 1.29 is 9.53 Å². The molecule has 0 radical (unpaired) electrons. The maximum absolute atomic E-state index is 12.2. The monoisotopic (exact) mass is 273 g/mol. The molecule has 0 spiro atoms. The smallest absolute Gasteiger partial charge is 0.176 e. The van der Waals surface area contributed by atoms with E-state index in [1.807, 2.05) is 37.3 Å². The lowest BCUT2D eigenvalue weighted by Crippen LogP contribution is -2.05. The summed E-state index contributed by atoms with van der Waals surface area (Å²) in [5.41, 5.74) is 1.71. The van der Waals surface area contributed by atoms with Gasteiger partial charge in [-0.25, -0.2) is 0 Å². The van der Waals surface area contributed by atoms with Crippen molar-refractivity contribution in [3.63, 3.8) is 0 Å². The van der Waals surface area contributed by atoms with Gasteiger partial charge in [-0.1, -0.05) is 6.07 Å². The van der Waals surface area contributed by atoms with Gasteiger partial charge < -0.3 is 4.74 Å². The molecule has 1 aromatic heterocycles. The van der Waals surface area contributed by atoms with Gasteiger partial charge in [0.1, 0.15) is 5.75 Å². The van der Waals surface area contributed by atoms with Crippen LogP contribution < -0.4 is 4.74 Å². The maximum atomic E-state index is 12.2. The Labute approximate surface area is 117 Å². The summed E-state index contributed by atoms with van der Waals surface area (Å²) < 4.78 is 5.26. The summed E-state index contributed by atoms with van der Waals surface area (Å²) in [5.74, 6) is 1.10. The minimum Gasteiger partial charge on any atom is -0.496 e. The summed E-state index contributed by atoms with van der Waals surface area (Å²) in [6, 6.07) is 9.41. The van der Waals surface area contributed by atoms with Crippen molar-refractivity contribution in [3.05, 3.63) is 53.9 Å². The van der Waals surface area contributed by atoms with Gasteiger partial charge in [0, 0.05) is 17.3 Å². The van der Waals surface area contributed by atoms with Crippen LogP contribution in [0.5, 0.6) is 5.75 Å². The number of hydrogen-bond acceptors (Lipinski definition) is 4. The Morgan fingerprint density at radius 3 is 2.68 bits per heavy atom. The van der Waals surface area contributed by atoms with Crippen LogP contribution in [0.3, 0.4) is 0 Å². The van der Waals surface area contributed by atoms with Crippen LogP contribution >= 0.6 is 11.8 Å². The molecule has 0 saturated carbocycles. The second kappa shape index (κ2) is 6.38. The topological polar surface area (TPSA) is 39.2 Å². The van der Waals surface area contributed by atoms with E-state index in [2.05, 4.69) is 4.98 Å². The standard InChI is InChI=1S/C15H15NO2S/c1-11-3-4-13(15(9-11)18-2)14(17)10-19-12-5-7-16-8-6-12/h3-9H,10H2,1-2H3. The first-order valence-corrected chi connectivity index (χ1v) is 6.90. The first kappa shape index (κ1) is 13.6. The number of aryl methyl sites for hydroxylation is 1. The number of aromatic nitrogens is 1. The van der Waals surface area contributed by atoms with E-state index in [-0.39, 0.29) is 5.78 Å². The van der Waals surface area contributed by atoms with Crippen LogP contribution in [0.1, 0.15) is 15.9 Å². The Morgan fingerprint density at radius 1 is 1.26 bits per heavy atom. The average molecular weight is 273 g/mol. The second-order valence-corrected chi connectivity index (χ2v) is 5.15. The molecule has 1 heterocycles. The van der Waals surface area contributed by atoms with Crippen molar-refractivity contribution in [2.75, 3.05) is 12.9 Å². The van der Waals surface area contributed by atoms with Gasteiger partial charge in [-0.15, -0.1) is 11.8 Å². The van der Waals surface area contributed by atoms with E-state index in [0.717, 1.165) is 10.5 Å². The van der Waals surface area contributed by atoms with Gasteiger partial charge in [0.2, 0.25) is 0 Å².